The van der Waals surface area contributed by atoms with Crippen molar-refractivity contribution < 1.29 is 4.39 Å². The largest absolute Gasteiger partial charge is 0.361 e. The summed E-state index contributed by atoms with van der Waals surface area (Å²) in [5.41, 5.74) is 1.95. The van der Waals surface area contributed by atoms with Crippen LogP contribution in [0, 0.1) is 5.82 Å². The Morgan fingerprint density at radius 3 is 2.94 bits per heavy atom. The van der Waals surface area contributed by atoms with Gasteiger partial charge in [0.2, 0.25) is 0 Å². The first kappa shape index (κ1) is 11.1. The summed E-state index contributed by atoms with van der Waals surface area (Å²) >= 11 is 0. The molecular formula is C13H17FN2. The quantitative estimate of drug-likeness (QED) is 0.839. The molecule has 2 rings (SSSR count). The third kappa shape index (κ3) is 2.09. The smallest absolute Gasteiger partial charge is 0.132 e. The number of rotatable bonds is 4. The molecule has 2 nitrogen and oxygen atoms in total. The summed E-state index contributed by atoms with van der Waals surface area (Å²) in [4.78, 5) is 5.33. The first-order valence-electron chi connectivity index (χ1n) is 5.65. The number of likely N-dealkylation sites (N-methyl/N-ethyl adjacent to an activating group) is 1. The highest BCUT2D eigenvalue weighted by Crippen LogP contribution is 2.21. The Kier molecular flexibility index (Phi) is 3.25. The molecule has 0 atom stereocenters. The van der Waals surface area contributed by atoms with E-state index in [4.69, 9.17) is 0 Å². The SMILES string of the molecule is CCN(C)CCc1c[nH]c2cccc(F)c12. The number of H-pyrrole nitrogens is 1. The van der Waals surface area contributed by atoms with Gasteiger partial charge in [-0.15, -0.1) is 0 Å². The minimum atomic E-state index is -0.132. The van der Waals surface area contributed by atoms with E-state index in [2.05, 4.69) is 23.9 Å². The molecule has 1 N–H and O–H groups in total. The molecule has 1 aromatic carbocycles. The number of nitrogens with one attached hydrogen (secondary N) is 1. The second-order valence-corrected chi connectivity index (χ2v) is 4.12. The first-order valence-corrected chi connectivity index (χ1v) is 5.65. The molecule has 0 saturated heterocycles. The molecule has 1 heterocycles. The Balaban J connectivity index is 2.24. The molecule has 3 heteroatoms. The van der Waals surface area contributed by atoms with E-state index >= 15 is 0 Å². The van der Waals surface area contributed by atoms with Crippen molar-refractivity contribution in [2.75, 3.05) is 20.1 Å². The fraction of sp³-hybridized carbons (Fsp3) is 0.385. The van der Waals surface area contributed by atoms with Gasteiger partial charge in [0.1, 0.15) is 5.82 Å². The Morgan fingerprint density at radius 2 is 2.19 bits per heavy atom. The lowest BCUT2D eigenvalue weighted by Crippen LogP contribution is -2.20. The van der Waals surface area contributed by atoms with E-state index in [0.29, 0.717) is 0 Å². The number of benzene rings is 1. The van der Waals surface area contributed by atoms with Crippen LogP contribution in [0.15, 0.2) is 24.4 Å². The van der Waals surface area contributed by atoms with Crippen molar-refractivity contribution in [3.63, 3.8) is 0 Å². The van der Waals surface area contributed by atoms with E-state index in [-0.39, 0.29) is 5.82 Å². The highest BCUT2D eigenvalue weighted by atomic mass is 19.1. The lowest BCUT2D eigenvalue weighted by Gasteiger charge is -2.12. The summed E-state index contributed by atoms with van der Waals surface area (Å²) in [5, 5.41) is 0.743. The average molecular weight is 220 g/mol. The summed E-state index contributed by atoms with van der Waals surface area (Å²) < 4.78 is 13.7. The summed E-state index contributed by atoms with van der Waals surface area (Å²) in [6.07, 6.45) is 2.79. The zero-order valence-electron chi connectivity index (χ0n) is 9.76. The number of nitrogens with zero attached hydrogens (tertiary/aromatic N) is 1. The van der Waals surface area contributed by atoms with Crippen LogP contribution >= 0.6 is 0 Å². The maximum absolute atomic E-state index is 13.7. The molecule has 0 fully saturated rings. The molecular weight excluding hydrogens is 203 g/mol. The molecule has 0 aliphatic rings. The van der Waals surface area contributed by atoms with Gasteiger partial charge in [0, 0.05) is 23.6 Å². The fourth-order valence-electron chi connectivity index (χ4n) is 1.87. The molecule has 86 valence electrons. The van der Waals surface area contributed by atoms with Crippen LogP contribution in [0.4, 0.5) is 4.39 Å². The number of hydrogen-bond donors (Lipinski definition) is 1. The van der Waals surface area contributed by atoms with Gasteiger partial charge in [-0.2, -0.15) is 0 Å². The number of fused-ring (bicyclic) bond motifs is 1. The maximum atomic E-state index is 13.7. The first-order chi connectivity index (χ1) is 7.72. The van der Waals surface area contributed by atoms with Crippen molar-refractivity contribution in [3.8, 4) is 0 Å². The standard InChI is InChI=1S/C13H17FN2/c1-3-16(2)8-7-10-9-15-12-6-4-5-11(14)13(10)12/h4-6,9,15H,3,7-8H2,1-2H3. The van der Waals surface area contributed by atoms with Gasteiger partial charge in [-0.25, -0.2) is 4.39 Å². The molecule has 0 aliphatic carbocycles. The molecule has 16 heavy (non-hydrogen) atoms. The van der Waals surface area contributed by atoms with Crippen LogP contribution in [0.3, 0.4) is 0 Å². The second kappa shape index (κ2) is 4.66. The van der Waals surface area contributed by atoms with E-state index in [1.165, 1.54) is 6.07 Å². The van der Waals surface area contributed by atoms with Gasteiger partial charge in [0.05, 0.1) is 0 Å². The van der Waals surface area contributed by atoms with E-state index in [0.717, 1.165) is 36.0 Å². The maximum Gasteiger partial charge on any atom is 0.132 e. The molecule has 0 saturated carbocycles. The Labute approximate surface area is 95.1 Å². The van der Waals surface area contributed by atoms with Crippen LogP contribution in [-0.4, -0.2) is 30.0 Å². The van der Waals surface area contributed by atoms with Gasteiger partial charge in [-0.3, -0.25) is 0 Å². The fourth-order valence-corrected chi connectivity index (χ4v) is 1.87. The van der Waals surface area contributed by atoms with Crippen LogP contribution in [0.5, 0.6) is 0 Å². The van der Waals surface area contributed by atoms with E-state index in [1.807, 2.05) is 12.3 Å². The third-order valence-electron chi connectivity index (χ3n) is 3.04. The van der Waals surface area contributed by atoms with Crippen LogP contribution in [0.25, 0.3) is 10.9 Å². The highest BCUT2D eigenvalue weighted by molar-refractivity contribution is 5.83. The van der Waals surface area contributed by atoms with Crippen molar-refractivity contribution in [2.24, 2.45) is 0 Å². The van der Waals surface area contributed by atoms with E-state index in [1.54, 1.807) is 6.07 Å². The van der Waals surface area contributed by atoms with Gasteiger partial charge in [0.15, 0.2) is 0 Å². The van der Waals surface area contributed by atoms with Crippen molar-refractivity contribution >= 4 is 10.9 Å². The monoisotopic (exact) mass is 220 g/mol. The van der Waals surface area contributed by atoms with E-state index in [9.17, 15) is 4.39 Å². The minimum absolute atomic E-state index is 0.132. The number of aromatic nitrogens is 1. The van der Waals surface area contributed by atoms with Crippen molar-refractivity contribution in [1.29, 1.82) is 0 Å². The number of hydrogen-bond acceptors (Lipinski definition) is 1. The van der Waals surface area contributed by atoms with Crippen LogP contribution in [0.1, 0.15) is 12.5 Å². The number of halogens is 1. The zero-order chi connectivity index (χ0) is 11.5. The molecule has 0 amide bonds. The van der Waals surface area contributed by atoms with Gasteiger partial charge in [0.25, 0.3) is 0 Å². The lowest BCUT2D eigenvalue weighted by atomic mass is 10.1. The van der Waals surface area contributed by atoms with Gasteiger partial charge in [-0.05, 0) is 37.7 Å². The predicted molar refractivity (Wildman–Crippen MR) is 65.1 cm³/mol. The van der Waals surface area contributed by atoms with Gasteiger partial charge >= 0.3 is 0 Å². The zero-order valence-corrected chi connectivity index (χ0v) is 9.76. The summed E-state index contributed by atoms with van der Waals surface area (Å²) in [6.45, 7) is 4.10. The summed E-state index contributed by atoms with van der Waals surface area (Å²) in [7, 11) is 2.07. The summed E-state index contributed by atoms with van der Waals surface area (Å²) in [6, 6.07) is 5.16. The lowest BCUT2D eigenvalue weighted by molar-refractivity contribution is 0.358. The molecule has 0 bridgehead atoms. The highest BCUT2D eigenvalue weighted by Gasteiger charge is 2.08. The molecule has 1 aromatic heterocycles. The molecule has 0 spiro atoms. The molecule has 0 aliphatic heterocycles. The van der Waals surface area contributed by atoms with Crippen LogP contribution in [0.2, 0.25) is 0 Å². The predicted octanol–water partition coefficient (Wildman–Crippen LogP) is 2.80. The second-order valence-electron chi connectivity index (χ2n) is 4.12. The van der Waals surface area contributed by atoms with E-state index < -0.39 is 0 Å². The Bertz CT molecular complexity index is 476. The summed E-state index contributed by atoms with van der Waals surface area (Å²) in [5.74, 6) is -0.132. The van der Waals surface area contributed by atoms with Gasteiger partial charge < -0.3 is 9.88 Å². The number of aromatic amines is 1. The molecule has 0 radical (unpaired) electrons. The van der Waals surface area contributed by atoms with Crippen LogP contribution in [-0.2, 0) is 6.42 Å². The van der Waals surface area contributed by atoms with Gasteiger partial charge in [-0.1, -0.05) is 13.0 Å². The normalized spacial score (nSPS) is 11.5. The van der Waals surface area contributed by atoms with Crippen molar-refractivity contribution in [3.05, 3.63) is 35.8 Å². The molecule has 2 aromatic rings. The minimum Gasteiger partial charge on any atom is -0.361 e. The third-order valence-corrected chi connectivity index (χ3v) is 3.04. The molecule has 0 unspecified atom stereocenters. The Hall–Kier alpha value is -1.35. The Morgan fingerprint density at radius 1 is 1.38 bits per heavy atom. The van der Waals surface area contributed by atoms with Crippen molar-refractivity contribution in [2.45, 2.75) is 13.3 Å². The topological polar surface area (TPSA) is 19.0 Å². The van der Waals surface area contributed by atoms with Crippen LogP contribution < -0.4 is 0 Å². The van der Waals surface area contributed by atoms with Crippen molar-refractivity contribution in [1.82, 2.24) is 9.88 Å². The average Bonchev–Trinajstić information content (AvgIpc) is 2.70.